The molecule has 6 rings (SSSR count). The number of fused-ring (bicyclic) bond motifs is 1. The molecular formula is C29H25N7O4S. The average Bonchev–Trinajstić information content (AvgIpc) is 3.31. The second kappa shape index (κ2) is 9.88. The molecule has 1 amide bonds. The quantitative estimate of drug-likeness (QED) is 0.268. The summed E-state index contributed by atoms with van der Waals surface area (Å²) in [6.45, 7) is 1.78. The molecular weight excluding hydrogens is 542 g/mol. The van der Waals surface area contributed by atoms with Crippen LogP contribution in [0.3, 0.4) is 0 Å². The van der Waals surface area contributed by atoms with Crippen LogP contribution in [-0.4, -0.2) is 33.5 Å². The highest BCUT2D eigenvalue weighted by Gasteiger charge is 2.30. The van der Waals surface area contributed by atoms with Crippen molar-refractivity contribution in [1.29, 1.82) is 0 Å². The third-order valence-electron chi connectivity index (χ3n) is 7.22. The van der Waals surface area contributed by atoms with Gasteiger partial charge in [0.25, 0.3) is 21.7 Å². The monoisotopic (exact) mass is 567 g/mol. The largest absolute Gasteiger partial charge is 0.344 e. The number of carbonyl (C=O) groups is 1. The van der Waals surface area contributed by atoms with Gasteiger partial charge in [-0.25, -0.2) is 14.6 Å². The van der Waals surface area contributed by atoms with Crippen molar-refractivity contribution in [3.63, 3.8) is 0 Å². The van der Waals surface area contributed by atoms with Gasteiger partial charge in [-0.15, -0.1) is 11.5 Å². The van der Waals surface area contributed by atoms with Crippen molar-refractivity contribution in [2.75, 3.05) is 4.72 Å². The van der Waals surface area contributed by atoms with Crippen LogP contribution in [0.25, 0.3) is 22.1 Å². The number of carbonyl (C=O) groups excluding carboxylic acids is 1. The predicted octanol–water partition coefficient (Wildman–Crippen LogP) is 2.61. The molecule has 3 heterocycles. The average molecular weight is 568 g/mol. The van der Waals surface area contributed by atoms with Gasteiger partial charge in [0.15, 0.2) is 11.5 Å². The number of nitrogens with zero attached hydrogens (tertiary/aromatic N) is 4. The van der Waals surface area contributed by atoms with E-state index in [1.165, 1.54) is 16.9 Å². The third kappa shape index (κ3) is 4.51. The number of amides is 1. The molecule has 3 aromatic heterocycles. The Morgan fingerprint density at radius 3 is 2.63 bits per heavy atom. The van der Waals surface area contributed by atoms with Crippen LogP contribution >= 0.6 is 0 Å². The summed E-state index contributed by atoms with van der Waals surface area (Å²) < 4.78 is 28.7. The highest BCUT2D eigenvalue weighted by molar-refractivity contribution is 7.90. The van der Waals surface area contributed by atoms with E-state index in [9.17, 15) is 18.0 Å². The first-order chi connectivity index (χ1) is 19.7. The van der Waals surface area contributed by atoms with E-state index in [1.807, 2.05) is 42.5 Å². The number of aryl methyl sites for hydroxylation is 2. The van der Waals surface area contributed by atoms with Gasteiger partial charge >= 0.3 is 0 Å². The highest BCUT2D eigenvalue weighted by Crippen LogP contribution is 2.35. The van der Waals surface area contributed by atoms with E-state index in [1.54, 1.807) is 17.6 Å². The minimum absolute atomic E-state index is 0.107. The predicted molar refractivity (Wildman–Crippen MR) is 155 cm³/mol. The number of nitrogens with one attached hydrogen (secondary N) is 2. The summed E-state index contributed by atoms with van der Waals surface area (Å²) in [5.41, 5.74) is 3.45. The molecule has 2 aromatic carbocycles. The molecule has 0 aliphatic heterocycles. The second-order valence-corrected chi connectivity index (χ2v) is 11.1. The van der Waals surface area contributed by atoms with Crippen LogP contribution in [0.1, 0.15) is 52.1 Å². The molecule has 1 aliphatic rings. The van der Waals surface area contributed by atoms with Crippen LogP contribution in [0.4, 0.5) is 5.82 Å². The first-order valence-corrected chi connectivity index (χ1v) is 14.4. The first kappa shape index (κ1) is 26.2. The van der Waals surface area contributed by atoms with Gasteiger partial charge in [-0.1, -0.05) is 30.2 Å². The second-order valence-electron chi connectivity index (χ2n) is 9.81. The summed E-state index contributed by atoms with van der Waals surface area (Å²) >= 11 is 0. The molecule has 0 saturated heterocycles. The molecule has 11 nitrogen and oxygen atoms in total. The zero-order valence-corrected chi connectivity index (χ0v) is 22.8. The SMILES string of the molecule is C#Cc1ccc2c3c(c([C@@H](C)NC(=O)c4c(NS(N)(=O)=O)nn5cccnc45)n(-c4ccccc4)c(=O)c13)CCC2. The minimum Gasteiger partial charge on any atom is -0.344 e. The molecule has 0 bridgehead atoms. The first-order valence-electron chi connectivity index (χ1n) is 12.9. The van der Waals surface area contributed by atoms with Crippen LogP contribution < -0.4 is 20.7 Å². The molecule has 0 fully saturated rings. The molecule has 5 aromatic rings. The number of para-hydroxylation sites is 1. The Hall–Kier alpha value is -4.99. The molecule has 0 unspecified atom stereocenters. The van der Waals surface area contributed by atoms with Gasteiger partial charge in [-0.05, 0) is 67.0 Å². The lowest BCUT2D eigenvalue weighted by atomic mass is 9.85. The Morgan fingerprint density at radius 2 is 1.90 bits per heavy atom. The van der Waals surface area contributed by atoms with Gasteiger partial charge in [0, 0.05) is 23.6 Å². The number of hydrogen-bond donors (Lipinski definition) is 3. The van der Waals surface area contributed by atoms with Crippen LogP contribution in [0.5, 0.6) is 0 Å². The van der Waals surface area contributed by atoms with E-state index in [4.69, 9.17) is 11.6 Å². The van der Waals surface area contributed by atoms with Gasteiger partial charge in [0.2, 0.25) is 0 Å². The van der Waals surface area contributed by atoms with E-state index in [-0.39, 0.29) is 22.6 Å². The standard InChI is InChI=1S/C29H25N7O4S/c1-3-18-13-14-19-9-7-12-21-22(19)23(18)29(38)36(20-10-5-4-6-11-20)25(21)17(2)32-28(37)24-26(34-41(30,39)40)33-35-16-8-15-31-27(24)35/h1,4-6,8,10-11,13-17H,7,9,12H2,2H3,(H,32,37)(H,33,34)(H2,30,39,40)/t17-/m1/s1. The van der Waals surface area contributed by atoms with E-state index in [0.717, 1.165) is 29.4 Å². The smallest absolute Gasteiger partial charge is 0.297 e. The molecule has 41 heavy (non-hydrogen) atoms. The van der Waals surface area contributed by atoms with Gasteiger partial charge in [0.05, 0.1) is 17.1 Å². The van der Waals surface area contributed by atoms with Gasteiger partial charge in [0.1, 0.15) is 5.56 Å². The van der Waals surface area contributed by atoms with E-state index >= 15 is 0 Å². The number of hydrogen-bond acceptors (Lipinski definition) is 6. The Bertz CT molecular complexity index is 2080. The van der Waals surface area contributed by atoms with Crippen molar-refractivity contribution in [2.24, 2.45) is 5.14 Å². The summed E-state index contributed by atoms with van der Waals surface area (Å²) in [6, 6.07) is 13.8. The van der Waals surface area contributed by atoms with E-state index in [2.05, 4.69) is 26.0 Å². The molecule has 12 heteroatoms. The number of nitrogens with two attached hydrogens (primary N) is 1. The van der Waals surface area contributed by atoms with Crippen LogP contribution in [0.2, 0.25) is 0 Å². The third-order valence-corrected chi connectivity index (χ3v) is 7.70. The lowest BCUT2D eigenvalue weighted by molar-refractivity contribution is 0.0941. The zero-order chi connectivity index (χ0) is 28.9. The van der Waals surface area contributed by atoms with Crippen LogP contribution in [0.15, 0.2) is 65.7 Å². The molecule has 4 N–H and O–H groups in total. The molecule has 1 aliphatic carbocycles. The van der Waals surface area contributed by atoms with Gasteiger partial charge < -0.3 is 5.32 Å². The van der Waals surface area contributed by atoms with Crippen molar-refractivity contribution in [3.05, 3.63) is 99.2 Å². The Morgan fingerprint density at radius 1 is 1.12 bits per heavy atom. The molecule has 0 saturated carbocycles. The fourth-order valence-electron chi connectivity index (χ4n) is 5.66. The number of terminal acetylenes is 1. The van der Waals surface area contributed by atoms with Crippen molar-refractivity contribution in [1.82, 2.24) is 24.5 Å². The topological polar surface area (TPSA) is 153 Å². The molecule has 0 spiro atoms. The Kier molecular flexibility index (Phi) is 6.33. The number of pyridine rings is 1. The summed E-state index contributed by atoms with van der Waals surface area (Å²) in [5.74, 6) is 1.75. The maximum absolute atomic E-state index is 14.2. The van der Waals surface area contributed by atoms with E-state index in [0.29, 0.717) is 28.8 Å². The van der Waals surface area contributed by atoms with Crippen molar-refractivity contribution in [2.45, 2.75) is 32.2 Å². The maximum Gasteiger partial charge on any atom is 0.297 e. The summed E-state index contributed by atoms with van der Waals surface area (Å²) in [6.07, 6.45) is 11.2. The zero-order valence-electron chi connectivity index (χ0n) is 22.0. The van der Waals surface area contributed by atoms with Gasteiger partial charge in [-0.2, -0.15) is 8.42 Å². The molecule has 1 atom stereocenters. The number of rotatable bonds is 6. The fourth-order valence-corrected chi connectivity index (χ4v) is 6.07. The fraction of sp³-hybridized carbons (Fsp3) is 0.172. The molecule has 0 radical (unpaired) electrons. The number of benzene rings is 2. The lowest BCUT2D eigenvalue weighted by Crippen LogP contribution is -2.35. The minimum atomic E-state index is -4.24. The number of anilines is 1. The summed E-state index contributed by atoms with van der Waals surface area (Å²) in [5, 5.41) is 13.6. The Balaban J connectivity index is 1.56. The normalized spacial score (nSPS) is 13.6. The van der Waals surface area contributed by atoms with Crippen molar-refractivity contribution < 1.29 is 13.2 Å². The van der Waals surface area contributed by atoms with Crippen molar-refractivity contribution in [3.8, 4) is 18.0 Å². The van der Waals surface area contributed by atoms with Crippen LogP contribution in [-0.2, 0) is 23.1 Å². The van der Waals surface area contributed by atoms with Gasteiger partial charge in [-0.3, -0.25) is 18.9 Å². The Labute approximate surface area is 235 Å². The number of aromatic nitrogens is 4. The van der Waals surface area contributed by atoms with E-state index < -0.39 is 22.2 Å². The molecule has 206 valence electrons. The maximum atomic E-state index is 14.2. The van der Waals surface area contributed by atoms with Crippen LogP contribution in [0, 0.1) is 12.3 Å². The summed E-state index contributed by atoms with van der Waals surface area (Å²) in [4.78, 5) is 32.2. The lowest BCUT2D eigenvalue weighted by Gasteiger charge is -2.28. The summed E-state index contributed by atoms with van der Waals surface area (Å²) in [7, 11) is -4.24. The van der Waals surface area contributed by atoms with Crippen molar-refractivity contribution >= 4 is 38.4 Å². The highest BCUT2D eigenvalue weighted by atomic mass is 32.2.